The minimum Gasteiger partial charge on any atom is -0.298 e. The van der Waals surface area contributed by atoms with Crippen molar-refractivity contribution in [2.24, 2.45) is 0 Å². The lowest BCUT2D eigenvalue weighted by Crippen LogP contribution is -2.64. The van der Waals surface area contributed by atoms with Crippen LogP contribution in [0.25, 0.3) is 0 Å². The van der Waals surface area contributed by atoms with Crippen LogP contribution in [0.3, 0.4) is 0 Å². The molecule has 1 aliphatic carbocycles. The van der Waals surface area contributed by atoms with Gasteiger partial charge < -0.3 is 0 Å². The Bertz CT molecular complexity index is 247. The van der Waals surface area contributed by atoms with Crippen molar-refractivity contribution in [1.82, 2.24) is 9.80 Å². The minimum atomic E-state index is 0.564. The highest BCUT2D eigenvalue weighted by Gasteiger charge is 2.45. The maximum atomic E-state index is 2.82. The molecule has 0 aromatic carbocycles. The summed E-state index contributed by atoms with van der Waals surface area (Å²) < 4.78 is 0. The summed E-state index contributed by atoms with van der Waals surface area (Å²) in [6, 6.07) is 1.67. The molecule has 2 heteroatoms. The van der Waals surface area contributed by atoms with Gasteiger partial charge in [-0.05, 0) is 52.5 Å². The first-order valence-electron chi connectivity index (χ1n) is 6.70. The third-order valence-corrected chi connectivity index (χ3v) is 5.06. The molecule has 0 N–H and O–H groups in total. The van der Waals surface area contributed by atoms with Gasteiger partial charge in [-0.25, -0.2) is 0 Å². The predicted octanol–water partition coefficient (Wildman–Crippen LogP) is 2.10. The lowest BCUT2D eigenvalue weighted by molar-refractivity contribution is -0.0527. The van der Waals surface area contributed by atoms with E-state index in [0.717, 1.165) is 12.1 Å². The van der Waals surface area contributed by atoms with Crippen LogP contribution >= 0.6 is 0 Å². The number of hydrogen-bond acceptors (Lipinski definition) is 2. The molecular formula is C13H24N2. The van der Waals surface area contributed by atoms with E-state index in [1.807, 2.05) is 0 Å². The normalized spacial score (nSPS) is 41.2. The summed E-state index contributed by atoms with van der Waals surface area (Å²) in [5, 5.41) is 0. The molecular weight excluding hydrogens is 184 g/mol. The van der Waals surface area contributed by atoms with Crippen molar-refractivity contribution in [3.8, 4) is 0 Å². The standard InChI is InChI=1S/C13H24N2/c1-11-9-14-8-3-5-12(14)10-15(11)13(2)6-4-7-13/h11-12H,3-10H2,1-2H3. The van der Waals surface area contributed by atoms with Gasteiger partial charge in [-0.3, -0.25) is 9.80 Å². The average molecular weight is 208 g/mol. The van der Waals surface area contributed by atoms with E-state index < -0.39 is 0 Å². The molecule has 2 saturated heterocycles. The van der Waals surface area contributed by atoms with Crippen LogP contribution in [-0.4, -0.2) is 47.1 Å². The highest BCUT2D eigenvalue weighted by Crippen LogP contribution is 2.41. The molecule has 3 rings (SSSR count). The Hall–Kier alpha value is -0.0800. The quantitative estimate of drug-likeness (QED) is 0.651. The molecule has 2 atom stereocenters. The van der Waals surface area contributed by atoms with Crippen molar-refractivity contribution in [2.45, 2.75) is 63.6 Å². The topological polar surface area (TPSA) is 6.48 Å². The second-order valence-electron chi connectivity index (χ2n) is 6.14. The molecule has 0 amide bonds. The molecule has 0 aromatic rings. The smallest absolute Gasteiger partial charge is 0.0224 e. The molecule has 2 aliphatic heterocycles. The maximum Gasteiger partial charge on any atom is 0.0224 e. The van der Waals surface area contributed by atoms with E-state index >= 15 is 0 Å². The van der Waals surface area contributed by atoms with Crippen LogP contribution in [0.15, 0.2) is 0 Å². The molecule has 2 heterocycles. The van der Waals surface area contributed by atoms with Crippen molar-refractivity contribution in [3.63, 3.8) is 0 Å². The van der Waals surface area contributed by atoms with Crippen molar-refractivity contribution in [1.29, 1.82) is 0 Å². The molecule has 1 saturated carbocycles. The second-order valence-corrected chi connectivity index (χ2v) is 6.14. The Labute approximate surface area is 93.6 Å². The number of nitrogens with zero attached hydrogens (tertiary/aromatic N) is 2. The molecule has 2 unspecified atom stereocenters. The Morgan fingerprint density at radius 1 is 1.13 bits per heavy atom. The molecule has 0 aromatic heterocycles. The Morgan fingerprint density at radius 3 is 2.60 bits per heavy atom. The summed E-state index contributed by atoms with van der Waals surface area (Å²) in [6.45, 7) is 8.94. The molecule has 15 heavy (non-hydrogen) atoms. The van der Waals surface area contributed by atoms with E-state index in [-0.39, 0.29) is 0 Å². The average Bonchev–Trinajstić information content (AvgIpc) is 2.60. The zero-order valence-corrected chi connectivity index (χ0v) is 10.2. The van der Waals surface area contributed by atoms with Gasteiger partial charge in [0, 0.05) is 30.7 Å². The first kappa shape index (κ1) is 10.1. The lowest BCUT2D eigenvalue weighted by atomic mass is 9.75. The first-order valence-corrected chi connectivity index (χ1v) is 6.70. The third-order valence-electron chi connectivity index (χ3n) is 5.06. The molecule has 86 valence electrons. The van der Waals surface area contributed by atoms with E-state index in [2.05, 4.69) is 23.6 Å². The highest BCUT2D eigenvalue weighted by molar-refractivity contribution is 5.01. The van der Waals surface area contributed by atoms with Gasteiger partial charge in [-0.15, -0.1) is 0 Å². The summed E-state index contributed by atoms with van der Waals surface area (Å²) >= 11 is 0. The number of hydrogen-bond donors (Lipinski definition) is 0. The van der Waals surface area contributed by atoms with E-state index in [0.29, 0.717) is 5.54 Å². The molecule has 0 spiro atoms. The van der Waals surface area contributed by atoms with E-state index in [9.17, 15) is 0 Å². The molecule has 3 aliphatic rings. The van der Waals surface area contributed by atoms with Gasteiger partial charge in [0.15, 0.2) is 0 Å². The fraction of sp³-hybridized carbons (Fsp3) is 1.00. The molecule has 3 fully saturated rings. The highest BCUT2D eigenvalue weighted by atomic mass is 15.3. The van der Waals surface area contributed by atoms with Crippen LogP contribution in [0.2, 0.25) is 0 Å². The Balaban J connectivity index is 1.73. The summed E-state index contributed by atoms with van der Waals surface area (Å²) in [5.41, 5.74) is 0.564. The van der Waals surface area contributed by atoms with Gasteiger partial charge in [-0.2, -0.15) is 0 Å². The number of fused-ring (bicyclic) bond motifs is 1. The van der Waals surface area contributed by atoms with Crippen molar-refractivity contribution < 1.29 is 0 Å². The van der Waals surface area contributed by atoms with Crippen molar-refractivity contribution in [2.75, 3.05) is 19.6 Å². The van der Waals surface area contributed by atoms with Gasteiger partial charge in [0.1, 0.15) is 0 Å². The van der Waals surface area contributed by atoms with Gasteiger partial charge in [0.05, 0.1) is 0 Å². The summed E-state index contributed by atoms with van der Waals surface area (Å²) in [5.74, 6) is 0. The lowest BCUT2D eigenvalue weighted by Gasteiger charge is -2.55. The predicted molar refractivity (Wildman–Crippen MR) is 63.0 cm³/mol. The van der Waals surface area contributed by atoms with Crippen LogP contribution in [0.4, 0.5) is 0 Å². The maximum absolute atomic E-state index is 2.82. The first-order chi connectivity index (χ1) is 7.19. The summed E-state index contributed by atoms with van der Waals surface area (Å²) in [7, 11) is 0. The second kappa shape index (κ2) is 3.46. The van der Waals surface area contributed by atoms with Gasteiger partial charge in [0.25, 0.3) is 0 Å². The largest absolute Gasteiger partial charge is 0.298 e. The molecule has 2 nitrogen and oxygen atoms in total. The minimum absolute atomic E-state index is 0.564. The zero-order chi connectivity index (χ0) is 10.5. The van der Waals surface area contributed by atoms with Crippen LogP contribution < -0.4 is 0 Å². The monoisotopic (exact) mass is 208 g/mol. The van der Waals surface area contributed by atoms with E-state index in [4.69, 9.17) is 0 Å². The van der Waals surface area contributed by atoms with Crippen LogP contribution in [0.5, 0.6) is 0 Å². The molecule has 0 bridgehead atoms. The summed E-state index contributed by atoms with van der Waals surface area (Å²) in [6.07, 6.45) is 7.20. The zero-order valence-electron chi connectivity index (χ0n) is 10.2. The van der Waals surface area contributed by atoms with Crippen molar-refractivity contribution >= 4 is 0 Å². The van der Waals surface area contributed by atoms with E-state index in [1.165, 1.54) is 51.7 Å². The van der Waals surface area contributed by atoms with Gasteiger partial charge >= 0.3 is 0 Å². The Morgan fingerprint density at radius 2 is 1.93 bits per heavy atom. The van der Waals surface area contributed by atoms with E-state index in [1.54, 1.807) is 0 Å². The molecule has 0 radical (unpaired) electrons. The van der Waals surface area contributed by atoms with Crippen LogP contribution in [0.1, 0.15) is 46.0 Å². The fourth-order valence-electron chi connectivity index (χ4n) is 3.92. The van der Waals surface area contributed by atoms with Crippen LogP contribution in [-0.2, 0) is 0 Å². The summed E-state index contributed by atoms with van der Waals surface area (Å²) in [4.78, 5) is 5.55. The fourth-order valence-corrected chi connectivity index (χ4v) is 3.92. The Kier molecular flexibility index (Phi) is 2.33. The third kappa shape index (κ3) is 1.53. The SMILES string of the molecule is CC1CN2CCCC2CN1C1(C)CCC1. The number of piperazine rings is 1. The van der Waals surface area contributed by atoms with Crippen molar-refractivity contribution in [3.05, 3.63) is 0 Å². The van der Waals surface area contributed by atoms with Crippen LogP contribution in [0, 0.1) is 0 Å². The van der Waals surface area contributed by atoms with Gasteiger partial charge in [0.2, 0.25) is 0 Å². The van der Waals surface area contributed by atoms with Gasteiger partial charge in [-0.1, -0.05) is 0 Å². The number of rotatable bonds is 1.